The summed E-state index contributed by atoms with van der Waals surface area (Å²) in [6.45, 7) is 0. The zero-order chi connectivity index (χ0) is 12.5. The van der Waals surface area contributed by atoms with Gasteiger partial charge in [-0.1, -0.05) is 12.1 Å². The summed E-state index contributed by atoms with van der Waals surface area (Å²) < 4.78 is 2.00. The van der Waals surface area contributed by atoms with Crippen LogP contribution >= 0.6 is 0 Å². The molecule has 1 aromatic carbocycles. The van der Waals surface area contributed by atoms with Crippen molar-refractivity contribution in [3.8, 4) is 5.75 Å². The molecular formula is C15H14N2O. The van der Waals surface area contributed by atoms with E-state index in [0.29, 0.717) is 12.2 Å². The molecule has 3 nitrogen and oxygen atoms in total. The Hall–Kier alpha value is -2.29. The summed E-state index contributed by atoms with van der Waals surface area (Å²) in [4.78, 5) is 4.09. The lowest BCUT2D eigenvalue weighted by atomic mass is 10.0. The molecule has 0 unspecified atom stereocenters. The van der Waals surface area contributed by atoms with Gasteiger partial charge in [-0.15, -0.1) is 0 Å². The number of hydrogen-bond acceptors (Lipinski definition) is 2. The number of rotatable bonds is 2. The number of fused-ring (bicyclic) bond motifs is 1. The molecule has 2 heterocycles. The van der Waals surface area contributed by atoms with Gasteiger partial charge in [0.1, 0.15) is 5.75 Å². The zero-order valence-electron chi connectivity index (χ0n) is 10.2. The summed E-state index contributed by atoms with van der Waals surface area (Å²) in [7, 11) is 1.97. The van der Waals surface area contributed by atoms with E-state index in [4.69, 9.17) is 0 Å². The van der Waals surface area contributed by atoms with Crippen LogP contribution < -0.4 is 0 Å². The van der Waals surface area contributed by atoms with Gasteiger partial charge >= 0.3 is 0 Å². The highest BCUT2D eigenvalue weighted by Gasteiger charge is 2.09. The molecule has 2 aromatic heterocycles. The number of aromatic hydroxyl groups is 1. The van der Waals surface area contributed by atoms with Gasteiger partial charge in [0.05, 0.1) is 5.52 Å². The summed E-state index contributed by atoms with van der Waals surface area (Å²) in [5.41, 5.74) is 3.08. The van der Waals surface area contributed by atoms with Crippen molar-refractivity contribution in [2.75, 3.05) is 0 Å². The highest BCUT2D eigenvalue weighted by molar-refractivity contribution is 5.87. The molecule has 3 rings (SSSR count). The molecule has 0 aliphatic carbocycles. The first-order valence-electron chi connectivity index (χ1n) is 5.90. The van der Waals surface area contributed by atoms with Crippen molar-refractivity contribution in [1.29, 1.82) is 0 Å². The standard InChI is InChI=1S/C15H14N2O/c1-17-8-6-13-14(17)5-4-12(15(13)18)9-11-3-2-7-16-10-11/h2-8,10,18H,9H2,1H3. The number of pyridine rings is 1. The smallest absolute Gasteiger partial charge is 0.128 e. The Morgan fingerprint density at radius 3 is 2.89 bits per heavy atom. The molecule has 0 radical (unpaired) electrons. The third kappa shape index (κ3) is 1.74. The van der Waals surface area contributed by atoms with Crippen LogP contribution in [0, 0.1) is 0 Å². The normalized spacial score (nSPS) is 10.9. The van der Waals surface area contributed by atoms with Crippen LogP contribution in [0.5, 0.6) is 5.75 Å². The predicted molar refractivity (Wildman–Crippen MR) is 71.6 cm³/mol. The Labute approximate surface area is 105 Å². The van der Waals surface area contributed by atoms with Gasteiger partial charge in [-0.05, 0) is 29.3 Å². The van der Waals surface area contributed by atoms with Gasteiger partial charge in [-0.3, -0.25) is 4.98 Å². The Kier molecular flexibility index (Phi) is 2.52. The summed E-state index contributed by atoms with van der Waals surface area (Å²) in [5, 5.41) is 11.2. The van der Waals surface area contributed by atoms with Crippen LogP contribution in [0.2, 0.25) is 0 Å². The molecule has 0 bridgehead atoms. The SMILES string of the molecule is Cn1ccc2c(O)c(Cc3cccnc3)ccc21. The Morgan fingerprint density at radius 1 is 1.22 bits per heavy atom. The van der Waals surface area contributed by atoms with Gasteiger partial charge in [-0.25, -0.2) is 0 Å². The Morgan fingerprint density at radius 2 is 2.11 bits per heavy atom. The molecule has 1 N–H and O–H groups in total. The maximum atomic E-state index is 10.3. The van der Waals surface area contributed by atoms with Crippen LogP contribution in [-0.4, -0.2) is 14.7 Å². The minimum Gasteiger partial charge on any atom is -0.507 e. The number of phenolic OH excluding ortho intramolecular Hbond substituents is 1. The van der Waals surface area contributed by atoms with Gasteiger partial charge in [-0.2, -0.15) is 0 Å². The summed E-state index contributed by atoms with van der Waals surface area (Å²) in [5.74, 6) is 0.372. The number of hydrogen-bond donors (Lipinski definition) is 1. The second kappa shape index (κ2) is 4.18. The Bertz CT molecular complexity index is 686. The molecule has 90 valence electrons. The molecule has 0 fully saturated rings. The van der Waals surface area contributed by atoms with E-state index in [9.17, 15) is 5.11 Å². The fraction of sp³-hybridized carbons (Fsp3) is 0.133. The van der Waals surface area contributed by atoms with E-state index in [1.807, 2.05) is 54.3 Å². The van der Waals surface area contributed by atoms with E-state index in [1.165, 1.54) is 0 Å². The summed E-state index contributed by atoms with van der Waals surface area (Å²) >= 11 is 0. The van der Waals surface area contributed by atoms with Crippen molar-refractivity contribution in [2.45, 2.75) is 6.42 Å². The van der Waals surface area contributed by atoms with E-state index < -0.39 is 0 Å². The predicted octanol–water partition coefficient (Wildman–Crippen LogP) is 2.87. The van der Waals surface area contributed by atoms with E-state index in [2.05, 4.69) is 4.98 Å². The molecule has 0 amide bonds. The van der Waals surface area contributed by atoms with Crippen LogP contribution in [0.25, 0.3) is 10.9 Å². The highest BCUT2D eigenvalue weighted by Crippen LogP contribution is 2.30. The van der Waals surface area contributed by atoms with Gasteiger partial charge in [0.2, 0.25) is 0 Å². The van der Waals surface area contributed by atoms with E-state index in [1.54, 1.807) is 6.20 Å². The molecule has 3 heteroatoms. The molecule has 18 heavy (non-hydrogen) atoms. The number of phenols is 1. The number of nitrogens with zero attached hydrogens (tertiary/aromatic N) is 2. The third-order valence-electron chi connectivity index (χ3n) is 3.24. The molecule has 0 saturated carbocycles. The van der Waals surface area contributed by atoms with E-state index >= 15 is 0 Å². The summed E-state index contributed by atoms with van der Waals surface area (Å²) in [6, 6.07) is 9.89. The lowest BCUT2D eigenvalue weighted by Gasteiger charge is -2.06. The van der Waals surface area contributed by atoms with Crippen molar-refractivity contribution in [1.82, 2.24) is 9.55 Å². The lowest BCUT2D eigenvalue weighted by molar-refractivity contribution is 0.476. The number of aromatic nitrogens is 2. The zero-order valence-corrected chi connectivity index (χ0v) is 10.2. The molecule has 0 atom stereocenters. The quantitative estimate of drug-likeness (QED) is 0.745. The largest absolute Gasteiger partial charge is 0.507 e. The first-order chi connectivity index (χ1) is 8.75. The first-order valence-corrected chi connectivity index (χ1v) is 5.90. The van der Waals surface area contributed by atoms with Crippen molar-refractivity contribution >= 4 is 10.9 Å². The van der Waals surface area contributed by atoms with E-state index in [-0.39, 0.29) is 0 Å². The fourth-order valence-corrected chi connectivity index (χ4v) is 2.25. The van der Waals surface area contributed by atoms with Crippen molar-refractivity contribution in [3.63, 3.8) is 0 Å². The van der Waals surface area contributed by atoms with Gasteiger partial charge in [0.25, 0.3) is 0 Å². The minimum atomic E-state index is 0.372. The highest BCUT2D eigenvalue weighted by atomic mass is 16.3. The Balaban J connectivity index is 2.05. The van der Waals surface area contributed by atoms with Crippen molar-refractivity contribution in [3.05, 3.63) is 60.0 Å². The molecule has 0 aliphatic rings. The van der Waals surface area contributed by atoms with Crippen LogP contribution in [0.1, 0.15) is 11.1 Å². The maximum Gasteiger partial charge on any atom is 0.128 e. The molecular weight excluding hydrogens is 224 g/mol. The van der Waals surface area contributed by atoms with Crippen LogP contribution in [0.3, 0.4) is 0 Å². The van der Waals surface area contributed by atoms with Crippen LogP contribution in [0.15, 0.2) is 48.9 Å². The number of aryl methyl sites for hydroxylation is 1. The molecule has 0 spiro atoms. The van der Waals surface area contributed by atoms with Crippen LogP contribution in [-0.2, 0) is 13.5 Å². The average molecular weight is 238 g/mol. The monoisotopic (exact) mass is 238 g/mol. The third-order valence-corrected chi connectivity index (χ3v) is 3.24. The summed E-state index contributed by atoms with van der Waals surface area (Å²) in [6.07, 6.45) is 6.24. The van der Waals surface area contributed by atoms with Crippen LogP contribution in [0.4, 0.5) is 0 Å². The fourth-order valence-electron chi connectivity index (χ4n) is 2.25. The second-order valence-corrected chi connectivity index (χ2v) is 4.47. The van der Waals surface area contributed by atoms with Gasteiger partial charge in [0, 0.05) is 37.4 Å². The lowest BCUT2D eigenvalue weighted by Crippen LogP contribution is -1.91. The van der Waals surface area contributed by atoms with E-state index in [0.717, 1.165) is 22.0 Å². The van der Waals surface area contributed by atoms with Crippen molar-refractivity contribution < 1.29 is 5.11 Å². The number of benzene rings is 1. The topological polar surface area (TPSA) is 38.0 Å². The first kappa shape index (κ1) is 10.8. The maximum absolute atomic E-state index is 10.3. The second-order valence-electron chi connectivity index (χ2n) is 4.47. The molecule has 3 aromatic rings. The van der Waals surface area contributed by atoms with Gasteiger partial charge < -0.3 is 9.67 Å². The van der Waals surface area contributed by atoms with Gasteiger partial charge in [0.15, 0.2) is 0 Å². The average Bonchev–Trinajstić information content (AvgIpc) is 2.77. The molecule has 0 saturated heterocycles. The van der Waals surface area contributed by atoms with Crippen molar-refractivity contribution in [2.24, 2.45) is 7.05 Å². The molecule has 0 aliphatic heterocycles. The minimum absolute atomic E-state index is 0.372.